The van der Waals surface area contributed by atoms with Gasteiger partial charge in [-0.3, -0.25) is 20.2 Å². The van der Waals surface area contributed by atoms with Crippen LogP contribution in [0.25, 0.3) is 0 Å². The minimum absolute atomic E-state index is 0.0568. The fraction of sp³-hybridized carbons (Fsp3) is 0.143. The van der Waals surface area contributed by atoms with Crippen LogP contribution < -0.4 is 4.90 Å². The van der Waals surface area contributed by atoms with E-state index >= 15 is 0 Å². The molecule has 1 heterocycles. The molecule has 2 aromatic carbocycles. The zero-order valence-corrected chi connectivity index (χ0v) is 10.9. The van der Waals surface area contributed by atoms with Crippen molar-refractivity contribution >= 4 is 17.1 Å². The number of nitrogens with zero attached hydrogens (tertiary/aromatic N) is 3. The Hall–Kier alpha value is -2.96. The highest BCUT2D eigenvalue weighted by Crippen LogP contribution is 2.40. The Labute approximate surface area is 119 Å². The third kappa shape index (κ3) is 2.53. The molecule has 0 radical (unpaired) electrons. The number of anilines is 1. The smallest absolute Gasteiger partial charge is 0.271 e. The molecule has 0 amide bonds. The van der Waals surface area contributed by atoms with Gasteiger partial charge in [-0.25, -0.2) is 0 Å². The van der Waals surface area contributed by atoms with Crippen LogP contribution in [0.5, 0.6) is 0 Å². The molecule has 7 heteroatoms. The van der Waals surface area contributed by atoms with E-state index < -0.39 is 9.85 Å². The highest BCUT2D eigenvalue weighted by molar-refractivity contribution is 5.60. The predicted molar refractivity (Wildman–Crippen MR) is 76.3 cm³/mol. The van der Waals surface area contributed by atoms with Crippen LogP contribution in [-0.2, 0) is 0 Å². The Morgan fingerprint density at radius 2 is 1.62 bits per heavy atom. The lowest BCUT2D eigenvalue weighted by Gasteiger charge is -2.05. The number of nitro groups is 2. The van der Waals surface area contributed by atoms with Crippen molar-refractivity contribution in [2.24, 2.45) is 0 Å². The van der Waals surface area contributed by atoms with Crippen molar-refractivity contribution in [3.05, 3.63) is 74.3 Å². The maximum absolute atomic E-state index is 10.8. The molecule has 0 bridgehead atoms. The van der Waals surface area contributed by atoms with E-state index in [1.807, 2.05) is 11.0 Å². The van der Waals surface area contributed by atoms with Crippen LogP contribution in [0.2, 0.25) is 0 Å². The van der Waals surface area contributed by atoms with Gasteiger partial charge in [-0.05, 0) is 11.6 Å². The third-order valence-electron chi connectivity index (χ3n) is 3.47. The second-order valence-electron chi connectivity index (χ2n) is 4.79. The summed E-state index contributed by atoms with van der Waals surface area (Å²) in [6, 6.07) is 13.0. The molecule has 0 aromatic heterocycles. The molecule has 1 aliphatic rings. The van der Waals surface area contributed by atoms with Crippen LogP contribution in [0.3, 0.4) is 0 Å². The summed E-state index contributed by atoms with van der Waals surface area (Å²) in [6.45, 7) is 0.749. The van der Waals surface area contributed by atoms with Gasteiger partial charge in [-0.1, -0.05) is 18.2 Å². The summed E-state index contributed by atoms with van der Waals surface area (Å²) in [7, 11) is 0. The quantitative estimate of drug-likeness (QED) is 0.489. The lowest BCUT2D eigenvalue weighted by Crippen LogP contribution is -1.96. The highest BCUT2D eigenvalue weighted by Gasteiger charge is 2.36. The van der Waals surface area contributed by atoms with E-state index in [-0.39, 0.29) is 17.4 Å². The summed E-state index contributed by atoms with van der Waals surface area (Å²) in [5, 5.41) is 21.4. The molecule has 106 valence electrons. The standard InChI is InChI=1S/C14H11N3O4/c18-16(19)11-6-4-10(5-7-11)14-9-15(14)12-2-1-3-13(8-12)17(20)21/h1-8,14H,9H2/t14-,15?/m1/s1. The molecule has 0 spiro atoms. The number of hydrogen-bond acceptors (Lipinski definition) is 5. The van der Waals surface area contributed by atoms with E-state index in [1.165, 1.54) is 24.3 Å². The maximum atomic E-state index is 10.8. The molecule has 7 nitrogen and oxygen atoms in total. The summed E-state index contributed by atoms with van der Waals surface area (Å²) in [4.78, 5) is 22.5. The van der Waals surface area contributed by atoms with Gasteiger partial charge in [0.25, 0.3) is 11.4 Å². The number of benzene rings is 2. The van der Waals surface area contributed by atoms with Crippen LogP contribution in [0.1, 0.15) is 11.6 Å². The van der Waals surface area contributed by atoms with Crippen molar-refractivity contribution < 1.29 is 9.85 Å². The third-order valence-corrected chi connectivity index (χ3v) is 3.47. The van der Waals surface area contributed by atoms with Gasteiger partial charge in [0.1, 0.15) is 0 Å². The van der Waals surface area contributed by atoms with Crippen molar-refractivity contribution in [3.8, 4) is 0 Å². The van der Waals surface area contributed by atoms with Crippen LogP contribution in [0, 0.1) is 20.2 Å². The van der Waals surface area contributed by atoms with E-state index in [9.17, 15) is 20.2 Å². The second kappa shape index (κ2) is 4.86. The van der Waals surface area contributed by atoms with Crippen molar-refractivity contribution in [1.29, 1.82) is 0 Å². The van der Waals surface area contributed by atoms with Gasteiger partial charge < -0.3 is 4.90 Å². The largest absolute Gasteiger partial charge is 0.360 e. The van der Waals surface area contributed by atoms with Crippen LogP contribution in [0.4, 0.5) is 17.1 Å². The fourth-order valence-corrected chi connectivity index (χ4v) is 2.31. The van der Waals surface area contributed by atoms with E-state index in [2.05, 4.69) is 0 Å². The molecule has 1 atom stereocenters. The number of rotatable bonds is 4. The molecule has 21 heavy (non-hydrogen) atoms. The Balaban J connectivity index is 1.78. The molecule has 0 aliphatic carbocycles. The lowest BCUT2D eigenvalue weighted by molar-refractivity contribution is -0.385. The van der Waals surface area contributed by atoms with Gasteiger partial charge in [0.15, 0.2) is 0 Å². The predicted octanol–water partition coefficient (Wildman–Crippen LogP) is 3.06. The minimum Gasteiger partial charge on any atom is -0.360 e. The lowest BCUT2D eigenvalue weighted by atomic mass is 10.1. The summed E-state index contributed by atoms with van der Waals surface area (Å²) in [6.07, 6.45) is 0. The molecule has 2 aromatic rings. The van der Waals surface area contributed by atoms with Crippen LogP contribution >= 0.6 is 0 Å². The van der Waals surface area contributed by atoms with Gasteiger partial charge in [-0.15, -0.1) is 0 Å². The van der Waals surface area contributed by atoms with Gasteiger partial charge in [0, 0.05) is 36.5 Å². The normalized spacial score (nSPS) is 16.6. The Kier molecular flexibility index (Phi) is 3.02. The highest BCUT2D eigenvalue weighted by atomic mass is 16.6. The molecule has 1 fully saturated rings. The first-order valence-corrected chi connectivity index (χ1v) is 6.32. The Bertz CT molecular complexity index is 714. The van der Waals surface area contributed by atoms with Crippen molar-refractivity contribution in [2.75, 3.05) is 11.4 Å². The zero-order valence-electron chi connectivity index (χ0n) is 10.9. The molecule has 0 unspecified atom stereocenters. The van der Waals surface area contributed by atoms with Crippen molar-refractivity contribution in [2.45, 2.75) is 6.04 Å². The molecular weight excluding hydrogens is 274 g/mol. The fourth-order valence-electron chi connectivity index (χ4n) is 2.31. The molecule has 3 rings (SSSR count). The van der Waals surface area contributed by atoms with Crippen molar-refractivity contribution in [1.82, 2.24) is 0 Å². The van der Waals surface area contributed by atoms with E-state index in [0.717, 1.165) is 17.8 Å². The minimum atomic E-state index is -0.436. The first kappa shape index (κ1) is 13.0. The van der Waals surface area contributed by atoms with Gasteiger partial charge in [0.2, 0.25) is 0 Å². The summed E-state index contributed by atoms with van der Waals surface area (Å²) in [5.74, 6) is 0. The summed E-state index contributed by atoms with van der Waals surface area (Å²) >= 11 is 0. The summed E-state index contributed by atoms with van der Waals surface area (Å²) < 4.78 is 0. The zero-order chi connectivity index (χ0) is 15.0. The molecule has 1 saturated heterocycles. The van der Waals surface area contributed by atoms with Crippen molar-refractivity contribution in [3.63, 3.8) is 0 Å². The number of non-ortho nitro benzene ring substituents is 2. The first-order valence-electron chi connectivity index (χ1n) is 6.32. The Morgan fingerprint density at radius 1 is 0.952 bits per heavy atom. The SMILES string of the molecule is O=[N+]([O-])c1ccc([C@H]2CN2c2cccc([N+](=O)[O-])c2)cc1. The monoisotopic (exact) mass is 285 g/mol. The van der Waals surface area contributed by atoms with Crippen LogP contribution in [-0.4, -0.2) is 16.4 Å². The molecule has 1 aliphatic heterocycles. The van der Waals surface area contributed by atoms with E-state index in [4.69, 9.17) is 0 Å². The van der Waals surface area contributed by atoms with Gasteiger partial charge >= 0.3 is 0 Å². The first-order chi connectivity index (χ1) is 10.1. The average Bonchev–Trinajstić information content (AvgIpc) is 3.28. The van der Waals surface area contributed by atoms with E-state index in [0.29, 0.717) is 0 Å². The molecule has 0 N–H and O–H groups in total. The number of nitro benzene ring substituents is 2. The molecular formula is C14H11N3O4. The maximum Gasteiger partial charge on any atom is 0.271 e. The second-order valence-corrected chi connectivity index (χ2v) is 4.79. The molecule has 0 saturated carbocycles. The van der Waals surface area contributed by atoms with Gasteiger partial charge in [-0.2, -0.15) is 0 Å². The topological polar surface area (TPSA) is 89.3 Å². The summed E-state index contributed by atoms with van der Waals surface area (Å²) in [5.41, 5.74) is 1.86. The van der Waals surface area contributed by atoms with Gasteiger partial charge in [0.05, 0.1) is 15.9 Å². The Morgan fingerprint density at radius 3 is 2.24 bits per heavy atom. The average molecular weight is 285 g/mol. The number of hydrogen-bond donors (Lipinski definition) is 0. The van der Waals surface area contributed by atoms with Crippen LogP contribution in [0.15, 0.2) is 48.5 Å². The van der Waals surface area contributed by atoms with E-state index in [1.54, 1.807) is 18.2 Å².